The van der Waals surface area contributed by atoms with E-state index in [0.717, 1.165) is 6.26 Å². The number of anilines is 1. The molecule has 0 saturated heterocycles. The molecule has 2 aromatic carbocycles. The van der Waals surface area contributed by atoms with Crippen LogP contribution in [0.2, 0.25) is 0 Å². The van der Waals surface area contributed by atoms with E-state index in [1.165, 1.54) is 17.1 Å². The molecule has 8 heteroatoms. The van der Waals surface area contributed by atoms with Crippen molar-refractivity contribution in [2.75, 3.05) is 11.0 Å². The Bertz CT molecular complexity index is 1030. The molecule has 28 heavy (non-hydrogen) atoms. The van der Waals surface area contributed by atoms with Gasteiger partial charge in [0.25, 0.3) is 0 Å². The topological polar surface area (TPSA) is 78.8 Å². The van der Waals surface area contributed by atoms with Crippen LogP contribution in [0.1, 0.15) is 37.4 Å². The summed E-state index contributed by atoms with van der Waals surface area (Å²) in [5, 5.41) is 5.88. The summed E-state index contributed by atoms with van der Waals surface area (Å²) in [6.07, 6.45) is 1.43. The van der Waals surface area contributed by atoms with Gasteiger partial charge in [0.1, 0.15) is 5.82 Å². The van der Waals surface area contributed by atoms with Crippen molar-refractivity contribution in [3.8, 4) is 0 Å². The maximum Gasteiger partial charge on any atom is 0.245 e. The van der Waals surface area contributed by atoms with Crippen LogP contribution in [0.15, 0.2) is 53.6 Å². The zero-order valence-electron chi connectivity index (χ0n) is 15.9. The van der Waals surface area contributed by atoms with E-state index in [1.807, 2.05) is 0 Å². The van der Waals surface area contributed by atoms with E-state index in [-0.39, 0.29) is 17.6 Å². The standard InChI is InChI=1S/C20H22FN3O3S/c1-13(2)20(25)24-19(14-7-6-8-15(21)11-14)12-18(22-24)16-9-4-5-10-17(16)23-28(3,26)27/h4-11,13,19,23H,12H2,1-3H3/t19-/m1/s1. The molecule has 1 aliphatic heterocycles. The van der Waals surface area contributed by atoms with Crippen LogP contribution in [0.25, 0.3) is 0 Å². The molecule has 0 unspecified atom stereocenters. The maximum absolute atomic E-state index is 13.8. The summed E-state index contributed by atoms with van der Waals surface area (Å²) in [6, 6.07) is 12.5. The Hall–Kier alpha value is -2.74. The van der Waals surface area contributed by atoms with Crippen LogP contribution in [0.4, 0.5) is 10.1 Å². The van der Waals surface area contributed by atoms with Gasteiger partial charge in [-0.2, -0.15) is 5.10 Å². The van der Waals surface area contributed by atoms with Crippen LogP contribution in [-0.4, -0.2) is 31.3 Å². The molecule has 1 heterocycles. The average molecular weight is 403 g/mol. The number of carbonyl (C=O) groups excluding carboxylic acids is 1. The molecule has 0 radical (unpaired) electrons. The van der Waals surface area contributed by atoms with Crippen molar-refractivity contribution in [1.29, 1.82) is 0 Å². The second kappa shape index (κ2) is 7.71. The number of hydrazone groups is 1. The summed E-state index contributed by atoms with van der Waals surface area (Å²) in [5.74, 6) is -0.858. The van der Waals surface area contributed by atoms with Gasteiger partial charge in [-0.05, 0) is 23.8 Å². The number of carbonyl (C=O) groups is 1. The van der Waals surface area contributed by atoms with Gasteiger partial charge in [-0.15, -0.1) is 0 Å². The van der Waals surface area contributed by atoms with Crippen molar-refractivity contribution in [3.63, 3.8) is 0 Å². The van der Waals surface area contributed by atoms with E-state index in [9.17, 15) is 17.6 Å². The smallest absolute Gasteiger partial charge is 0.245 e. The Morgan fingerprint density at radius 1 is 1.21 bits per heavy atom. The van der Waals surface area contributed by atoms with Gasteiger partial charge < -0.3 is 0 Å². The molecular formula is C20H22FN3O3S. The summed E-state index contributed by atoms with van der Waals surface area (Å²) in [7, 11) is -3.48. The maximum atomic E-state index is 13.8. The van der Waals surface area contributed by atoms with E-state index in [2.05, 4.69) is 9.82 Å². The minimum atomic E-state index is -3.48. The van der Waals surface area contributed by atoms with Crippen LogP contribution < -0.4 is 4.72 Å². The Labute approximate surface area is 164 Å². The first-order chi connectivity index (χ1) is 13.2. The van der Waals surface area contributed by atoms with Gasteiger partial charge >= 0.3 is 0 Å². The molecular weight excluding hydrogens is 381 g/mol. The second-order valence-electron chi connectivity index (χ2n) is 7.08. The highest BCUT2D eigenvalue weighted by atomic mass is 32.2. The predicted molar refractivity (Wildman–Crippen MR) is 107 cm³/mol. The zero-order valence-corrected chi connectivity index (χ0v) is 16.7. The van der Waals surface area contributed by atoms with Crippen molar-refractivity contribution in [1.82, 2.24) is 5.01 Å². The number of halogens is 1. The van der Waals surface area contributed by atoms with Gasteiger partial charge in [-0.25, -0.2) is 17.8 Å². The number of sulfonamides is 1. The quantitative estimate of drug-likeness (QED) is 0.829. The lowest BCUT2D eigenvalue weighted by Crippen LogP contribution is -2.30. The number of hydrogen-bond donors (Lipinski definition) is 1. The molecule has 0 saturated carbocycles. The lowest BCUT2D eigenvalue weighted by Gasteiger charge is -2.23. The molecule has 148 valence electrons. The van der Waals surface area contributed by atoms with Gasteiger partial charge in [0.05, 0.1) is 23.7 Å². The number of rotatable bonds is 5. The molecule has 0 aromatic heterocycles. The summed E-state index contributed by atoms with van der Waals surface area (Å²) >= 11 is 0. The second-order valence-corrected chi connectivity index (χ2v) is 8.83. The minimum Gasteiger partial charge on any atom is -0.283 e. The third-order valence-electron chi connectivity index (χ3n) is 4.40. The molecule has 1 amide bonds. The summed E-state index contributed by atoms with van der Waals surface area (Å²) in [5.41, 5.74) is 2.19. The molecule has 1 atom stereocenters. The molecule has 0 aliphatic carbocycles. The monoisotopic (exact) mass is 403 g/mol. The van der Waals surface area contributed by atoms with Gasteiger partial charge in [0.15, 0.2) is 0 Å². The molecule has 0 fully saturated rings. The van der Waals surface area contributed by atoms with Crippen LogP contribution in [0.5, 0.6) is 0 Å². The SMILES string of the molecule is CC(C)C(=O)N1N=C(c2ccccc2NS(C)(=O)=O)C[C@@H]1c1cccc(F)c1. The number of benzene rings is 2. The fraction of sp³-hybridized carbons (Fsp3) is 0.300. The summed E-state index contributed by atoms with van der Waals surface area (Å²) in [6.45, 7) is 3.55. The van der Waals surface area contributed by atoms with Crippen molar-refractivity contribution in [2.45, 2.75) is 26.3 Å². The number of amides is 1. The molecule has 0 bridgehead atoms. The number of nitrogens with one attached hydrogen (secondary N) is 1. The van der Waals surface area contributed by atoms with E-state index >= 15 is 0 Å². The van der Waals surface area contributed by atoms with Gasteiger partial charge in [0, 0.05) is 17.9 Å². The molecule has 3 rings (SSSR count). The fourth-order valence-corrected chi connectivity index (χ4v) is 3.72. The van der Waals surface area contributed by atoms with Crippen molar-refractivity contribution >= 4 is 27.3 Å². The van der Waals surface area contributed by atoms with E-state index in [0.29, 0.717) is 28.9 Å². The van der Waals surface area contributed by atoms with Crippen LogP contribution in [0, 0.1) is 11.7 Å². The Balaban J connectivity index is 2.04. The third-order valence-corrected chi connectivity index (χ3v) is 4.99. The van der Waals surface area contributed by atoms with Crippen LogP contribution >= 0.6 is 0 Å². The highest BCUT2D eigenvalue weighted by Gasteiger charge is 2.35. The largest absolute Gasteiger partial charge is 0.283 e. The van der Waals surface area contributed by atoms with Gasteiger partial charge in [0.2, 0.25) is 15.9 Å². The number of para-hydroxylation sites is 1. The lowest BCUT2D eigenvalue weighted by molar-refractivity contribution is -0.136. The van der Waals surface area contributed by atoms with Crippen molar-refractivity contribution in [2.24, 2.45) is 11.0 Å². The Morgan fingerprint density at radius 3 is 2.57 bits per heavy atom. The predicted octanol–water partition coefficient (Wildman–Crippen LogP) is 3.53. The highest BCUT2D eigenvalue weighted by Crippen LogP contribution is 2.35. The molecule has 1 aliphatic rings. The number of nitrogens with zero attached hydrogens (tertiary/aromatic N) is 2. The van der Waals surface area contributed by atoms with Gasteiger partial charge in [-0.1, -0.05) is 44.2 Å². The molecule has 0 spiro atoms. The van der Waals surface area contributed by atoms with Gasteiger partial charge in [-0.3, -0.25) is 9.52 Å². The average Bonchev–Trinajstić information content (AvgIpc) is 3.05. The van der Waals surface area contributed by atoms with Crippen LogP contribution in [-0.2, 0) is 14.8 Å². The van der Waals surface area contributed by atoms with Crippen molar-refractivity contribution in [3.05, 3.63) is 65.5 Å². The minimum absolute atomic E-state index is 0.183. The summed E-state index contributed by atoms with van der Waals surface area (Å²) < 4.78 is 39.6. The number of hydrogen-bond acceptors (Lipinski definition) is 4. The first-order valence-corrected chi connectivity index (χ1v) is 10.8. The normalized spacial score (nSPS) is 17.0. The first-order valence-electron chi connectivity index (χ1n) is 8.89. The van der Waals surface area contributed by atoms with Crippen LogP contribution in [0.3, 0.4) is 0 Å². The molecule has 6 nitrogen and oxygen atoms in total. The van der Waals surface area contributed by atoms with E-state index in [1.54, 1.807) is 50.2 Å². The Morgan fingerprint density at radius 2 is 1.93 bits per heavy atom. The Kier molecular flexibility index (Phi) is 5.51. The summed E-state index contributed by atoms with van der Waals surface area (Å²) in [4.78, 5) is 12.7. The third kappa shape index (κ3) is 4.39. The first kappa shape index (κ1) is 20.0. The zero-order chi connectivity index (χ0) is 20.5. The molecule has 2 aromatic rings. The van der Waals surface area contributed by atoms with Crippen molar-refractivity contribution < 1.29 is 17.6 Å². The fourth-order valence-electron chi connectivity index (χ4n) is 3.14. The molecule has 1 N–H and O–H groups in total. The lowest BCUT2D eigenvalue weighted by atomic mass is 9.97. The highest BCUT2D eigenvalue weighted by molar-refractivity contribution is 7.92. The van der Waals surface area contributed by atoms with E-state index in [4.69, 9.17) is 0 Å². The van der Waals surface area contributed by atoms with E-state index < -0.39 is 16.1 Å².